The number of carbonyl (C=O) groups excluding carboxylic acids is 1. The zero-order chi connectivity index (χ0) is 13.4. The highest BCUT2D eigenvalue weighted by atomic mass is 35.5. The number of esters is 1. The molecule has 1 rings (SSSR count). The molecule has 0 aliphatic carbocycles. The maximum Gasteiger partial charge on any atom is 0.302 e. The molecule has 0 aromatic heterocycles. The summed E-state index contributed by atoms with van der Waals surface area (Å²) in [5.41, 5.74) is 2.04. The number of ether oxygens (including phenoxy) is 1. The molecule has 5 heteroatoms. The average molecular weight is 290 g/mol. The zero-order valence-corrected chi connectivity index (χ0v) is 11.9. The van der Waals surface area contributed by atoms with E-state index in [2.05, 4.69) is 4.90 Å². The first kappa shape index (κ1) is 15.1. The largest absolute Gasteiger partial charge is 0.461 e. The number of hydrogen-bond donors (Lipinski definition) is 0. The molecule has 0 bridgehead atoms. The van der Waals surface area contributed by atoms with E-state index in [1.54, 1.807) is 0 Å². The lowest BCUT2D eigenvalue weighted by molar-refractivity contribution is -0.142. The molecule has 0 aliphatic heterocycles. The maximum absolute atomic E-state index is 10.7. The molecular weight excluding hydrogens is 273 g/mol. The Balaban J connectivity index is 2.64. The van der Waals surface area contributed by atoms with Crippen molar-refractivity contribution in [2.75, 3.05) is 29.7 Å². The highest BCUT2D eigenvalue weighted by Gasteiger charge is 2.05. The van der Waals surface area contributed by atoms with Gasteiger partial charge in [0.05, 0.1) is 0 Å². The van der Waals surface area contributed by atoms with E-state index < -0.39 is 0 Å². The van der Waals surface area contributed by atoms with Crippen molar-refractivity contribution in [3.05, 3.63) is 29.8 Å². The van der Waals surface area contributed by atoms with Gasteiger partial charge in [-0.2, -0.15) is 0 Å². The third-order valence-electron chi connectivity index (χ3n) is 2.45. The van der Waals surface area contributed by atoms with E-state index in [1.165, 1.54) is 6.92 Å². The lowest BCUT2D eigenvalue weighted by Gasteiger charge is -2.23. The van der Waals surface area contributed by atoms with Gasteiger partial charge in [0.2, 0.25) is 0 Å². The van der Waals surface area contributed by atoms with Crippen LogP contribution in [0, 0.1) is 0 Å². The number of halogens is 2. The normalized spacial score (nSPS) is 10.2. The van der Waals surface area contributed by atoms with Crippen LogP contribution in [0.5, 0.6) is 0 Å². The molecule has 0 saturated carbocycles. The fraction of sp³-hybridized carbons (Fsp3) is 0.462. The van der Waals surface area contributed by atoms with Crippen molar-refractivity contribution >= 4 is 34.9 Å². The molecule has 1 aromatic carbocycles. The predicted octanol–water partition coefficient (Wildman–Crippen LogP) is 3.03. The summed E-state index contributed by atoms with van der Waals surface area (Å²) >= 11 is 11.5. The summed E-state index contributed by atoms with van der Waals surface area (Å²) in [6.45, 7) is 3.23. The van der Waals surface area contributed by atoms with Crippen molar-refractivity contribution in [3.63, 3.8) is 0 Å². The molecule has 0 radical (unpaired) electrons. The molecular formula is C13H17Cl2NO2. The molecule has 0 unspecified atom stereocenters. The van der Waals surface area contributed by atoms with Crippen LogP contribution in [-0.4, -0.2) is 30.8 Å². The van der Waals surface area contributed by atoms with Gasteiger partial charge < -0.3 is 9.64 Å². The van der Waals surface area contributed by atoms with Crippen LogP contribution < -0.4 is 4.90 Å². The molecule has 0 saturated heterocycles. The zero-order valence-electron chi connectivity index (χ0n) is 10.4. The third kappa shape index (κ3) is 5.15. The van der Waals surface area contributed by atoms with Gasteiger partial charge in [-0.3, -0.25) is 4.79 Å². The molecule has 0 fully saturated rings. The molecule has 0 N–H and O–H groups in total. The number of hydrogen-bond acceptors (Lipinski definition) is 3. The Kier molecular flexibility index (Phi) is 6.91. The third-order valence-corrected chi connectivity index (χ3v) is 2.79. The summed E-state index contributed by atoms with van der Waals surface area (Å²) in [7, 11) is 0. The Hall–Kier alpha value is -0.930. The first-order valence-corrected chi connectivity index (χ1v) is 6.83. The van der Waals surface area contributed by atoms with Gasteiger partial charge in [0.25, 0.3) is 0 Å². The lowest BCUT2D eigenvalue weighted by atomic mass is 10.2. The molecule has 0 aliphatic rings. The molecule has 0 spiro atoms. The summed E-state index contributed by atoms with van der Waals surface area (Å²) in [5.74, 6) is 0.850. The monoisotopic (exact) mass is 289 g/mol. The molecule has 0 amide bonds. The molecule has 1 aromatic rings. The topological polar surface area (TPSA) is 29.5 Å². The Morgan fingerprint density at radius 2 is 1.72 bits per heavy atom. The smallest absolute Gasteiger partial charge is 0.302 e. The lowest BCUT2D eigenvalue weighted by Crippen LogP contribution is -2.27. The van der Waals surface area contributed by atoms with E-state index >= 15 is 0 Å². The second kappa shape index (κ2) is 8.22. The van der Waals surface area contributed by atoms with Crippen molar-refractivity contribution in [3.8, 4) is 0 Å². The summed E-state index contributed by atoms with van der Waals surface area (Å²) in [6, 6.07) is 7.84. The number of benzene rings is 1. The highest BCUT2D eigenvalue weighted by molar-refractivity contribution is 6.18. The quantitative estimate of drug-likeness (QED) is 0.571. The summed E-state index contributed by atoms with van der Waals surface area (Å²) < 4.78 is 4.93. The van der Waals surface area contributed by atoms with E-state index in [0.717, 1.165) is 24.3 Å². The van der Waals surface area contributed by atoms with Crippen molar-refractivity contribution < 1.29 is 9.53 Å². The fourth-order valence-electron chi connectivity index (χ4n) is 1.56. The van der Waals surface area contributed by atoms with Crippen LogP contribution in [0.3, 0.4) is 0 Å². The Morgan fingerprint density at radius 1 is 1.17 bits per heavy atom. The van der Waals surface area contributed by atoms with Crippen LogP contribution in [0.1, 0.15) is 12.5 Å². The van der Waals surface area contributed by atoms with Crippen LogP contribution >= 0.6 is 23.2 Å². The van der Waals surface area contributed by atoms with E-state index in [0.29, 0.717) is 18.4 Å². The standard InChI is InChI=1S/C13H17Cl2NO2/c1-11(17)18-10-12-2-4-13(5-3-12)16(8-6-14)9-7-15/h2-5H,6-10H2,1H3. The second-order valence-corrected chi connectivity index (χ2v) is 4.57. The van der Waals surface area contributed by atoms with Gasteiger partial charge >= 0.3 is 5.97 Å². The van der Waals surface area contributed by atoms with Crippen LogP contribution in [0.2, 0.25) is 0 Å². The van der Waals surface area contributed by atoms with Gasteiger partial charge in [-0.05, 0) is 17.7 Å². The van der Waals surface area contributed by atoms with E-state index in [-0.39, 0.29) is 5.97 Å². The van der Waals surface area contributed by atoms with Crippen LogP contribution in [0.15, 0.2) is 24.3 Å². The number of nitrogens with zero attached hydrogens (tertiary/aromatic N) is 1. The van der Waals surface area contributed by atoms with Crippen LogP contribution in [0.4, 0.5) is 5.69 Å². The molecule has 0 atom stereocenters. The Bertz CT molecular complexity index is 362. The van der Waals surface area contributed by atoms with Gasteiger partial charge in [0, 0.05) is 37.5 Å². The van der Waals surface area contributed by atoms with Gasteiger partial charge in [-0.25, -0.2) is 0 Å². The van der Waals surface area contributed by atoms with Crippen LogP contribution in [0.25, 0.3) is 0 Å². The van der Waals surface area contributed by atoms with Gasteiger partial charge in [-0.15, -0.1) is 23.2 Å². The SMILES string of the molecule is CC(=O)OCc1ccc(N(CCCl)CCCl)cc1. The van der Waals surface area contributed by atoms with E-state index in [9.17, 15) is 4.79 Å². The van der Waals surface area contributed by atoms with E-state index in [4.69, 9.17) is 27.9 Å². The molecule has 100 valence electrons. The summed E-state index contributed by atoms with van der Waals surface area (Å²) in [5, 5.41) is 0. The molecule has 18 heavy (non-hydrogen) atoms. The molecule has 0 heterocycles. The predicted molar refractivity (Wildman–Crippen MR) is 75.6 cm³/mol. The van der Waals surface area contributed by atoms with Gasteiger partial charge in [-0.1, -0.05) is 12.1 Å². The number of anilines is 1. The average Bonchev–Trinajstić information content (AvgIpc) is 2.37. The van der Waals surface area contributed by atoms with Crippen molar-refractivity contribution in [1.29, 1.82) is 0 Å². The number of carbonyl (C=O) groups is 1. The maximum atomic E-state index is 10.7. The summed E-state index contributed by atoms with van der Waals surface area (Å²) in [6.07, 6.45) is 0. The minimum atomic E-state index is -0.273. The highest BCUT2D eigenvalue weighted by Crippen LogP contribution is 2.16. The number of alkyl halides is 2. The number of rotatable bonds is 7. The van der Waals surface area contributed by atoms with Crippen LogP contribution in [-0.2, 0) is 16.1 Å². The van der Waals surface area contributed by atoms with Crippen molar-refractivity contribution in [2.45, 2.75) is 13.5 Å². The Morgan fingerprint density at radius 3 is 2.17 bits per heavy atom. The van der Waals surface area contributed by atoms with E-state index in [1.807, 2.05) is 24.3 Å². The summed E-state index contributed by atoms with van der Waals surface area (Å²) in [4.78, 5) is 12.8. The van der Waals surface area contributed by atoms with Crippen molar-refractivity contribution in [1.82, 2.24) is 0 Å². The second-order valence-electron chi connectivity index (χ2n) is 3.81. The molecule has 3 nitrogen and oxygen atoms in total. The fourth-order valence-corrected chi connectivity index (χ4v) is 1.97. The van der Waals surface area contributed by atoms with Gasteiger partial charge in [0.15, 0.2) is 0 Å². The van der Waals surface area contributed by atoms with Gasteiger partial charge in [0.1, 0.15) is 6.61 Å². The minimum absolute atomic E-state index is 0.273. The minimum Gasteiger partial charge on any atom is -0.461 e. The first-order valence-electron chi connectivity index (χ1n) is 5.76. The Labute approximate surface area is 118 Å². The van der Waals surface area contributed by atoms with Crippen molar-refractivity contribution in [2.24, 2.45) is 0 Å². The first-order chi connectivity index (χ1) is 8.67.